The average molecular weight is 438 g/mol. The van der Waals surface area contributed by atoms with Crippen molar-refractivity contribution in [2.45, 2.75) is 0 Å². The van der Waals surface area contributed by atoms with E-state index in [0.717, 1.165) is 30.5 Å². The quantitative estimate of drug-likeness (QED) is 0.526. The van der Waals surface area contributed by atoms with E-state index in [4.69, 9.17) is 0 Å². The summed E-state index contributed by atoms with van der Waals surface area (Å²) in [5, 5.41) is 9.20. The Balaban J connectivity index is 2.36. The van der Waals surface area contributed by atoms with E-state index >= 15 is 0 Å². The fourth-order valence-electron chi connectivity index (χ4n) is 2.21. The van der Waals surface area contributed by atoms with Gasteiger partial charge in [-0.2, -0.15) is 5.26 Å². The Hall–Kier alpha value is -1.39. The number of fused-ring (bicyclic) bond motifs is 1. The van der Waals surface area contributed by atoms with Crippen molar-refractivity contribution in [2.75, 3.05) is 0 Å². The van der Waals surface area contributed by atoms with Gasteiger partial charge >= 0.3 is 0 Å². The number of nitriles is 1. The summed E-state index contributed by atoms with van der Waals surface area (Å²) in [5.41, 5.74) is 3.38. The molecule has 98 valence electrons. The Morgan fingerprint density at radius 1 is 1.30 bits per heavy atom. The summed E-state index contributed by atoms with van der Waals surface area (Å²) in [5.74, 6) is 0.869. The highest BCUT2D eigenvalue weighted by Crippen LogP contribution is 2.30. The number of rotatable bonds is 1. The van der Waals surface area contributed by atoms with E-state index in [2.05, 4.69) is 55.6 Å². The number of hydrogen-bond donors (Lipinski definition) is 0. The van der Waals surface area contributed by atoms with Crippen LogP contribution in [-0.4, -0.2) is 9.55 Å². The third kappa shape index (κ3) is 2.13. The molecule has 3 rings (SSSR count). The molecule has 0 aliphatic heterocycles. The fourth-order valence-corrected chi connectivity index (χ4v) is 3.15. The van der Waals surface area contributed by atoms with E-state index in [1.165, 1.54) is 0 Å². The number of para-hydroxylation sites is 1. The molecule has 0 aliphatic carbocycles. The lowest BCUT2D eigenvalue weighted by Crippen LogP contribution is -1.94. The lowest BCUT2D eigenvalue weighted by molar-refractivity contribution is 0.958. The van der Waals surface area contributed by atoms with Gasteiger partial charge in [0.25, 0.3) is 0 Å². The molecule has 0 spiro atoms. The number of benzene rings is 2. The number of nitrogens with zero attached hydrogens (tertiary/aromatic N) is 3. The van der Waals surface area contributed by atoms with Gasteiger partial charge in [0.05, 0.1) is 11.1 Å². The first-order valence-electron chi connectivity index (χ1n) is 5.93. The van der Waals surface area contributed by atoms with Gasteiger partial charge in [0.2, 0.25) is 0 Å². The van der Waals surface area contributed by atoms with Crippen molar-refractivity contribution in [1.29, 1.82) is 5.26 Å². The number of aryl methyl sites for hydroxylation is 1. The molecule has 0 fully saturated rings. The van der Waals surface area contributed by atoms with Crippen LogP contribution in [0.15, 0.2) is 40.9 Å². The minimum atomic E-state index is 0.606. The topological polar surface area (TPSA) is 41.6 Å². The van der Waals surface area contributed by atoms with E-state index in [-0.39, 0.29) is 0 Å². The van der Waals surface area contributed by atoms with E-state index in [0.29, 0.717) is 5.56 Å². The normalized spacial score (nSPS) is 10.7. The number of hydrogen-bond acceptors (Lipinski definition) is 2. The van der Waals surface area contributed by atoms with Gasteiger partial charge < -0.3 is 4.57 Å². The minimum absolute atomic E-state index is 0.606. The van der Waals surface area contributed by atoms with Crippen molar-refractivity contribution in [3.05, 3.63) is 50.0 Å². The predicted octanol–water partition coefficient (Wildman–Crippen LogP) is 4.48. The second-order valence-electron chi connectivity index (χ2n) is 4.40. The maximum atomic E-state index is 9.20. The second-order valence-corrected chi connectivity index (χ2v) is 6.48. The number of aromatic nitrogens is 2. The first-order valence-corrected chi connectivity index (χ1v) is 7.80. The lowest BCUT2D eigenvalue weighted by atomic mass is 10.2. The van der Waals surface area contributed by atoms with Gasteiger partial charge in [-0.3, -0.25) is 0 Å². The van der Waals surface area contributed by atoms with Crippen molar-refractivity contribution >= 4 is 49.6 Å². The van der Waals surface area contributed by atoms with E-state index in [1.54, 1.807) is 6.07 Å². The van der Waals surface area contributed by atoms with Crippen LogP contribution in [0.2, 0.25) is 0 Å². The van der Waals surface area contributed by atoms with Gasteiger partial charge in [0.15, 0.2) is 0 Å². The maximum Gasteiger partial charge on any atom is 0.142 e. The zero-order chi connectivity index (χ0) is 14.3. The van der Waals surface area contributed by atoms with Crippen LogP contribution in [0.25, 0.3) is 22.4 Å². The van der Waals surface area contributed by atoms with Crippen molar-refractivity contribution in [2.24, 2.45) is 7.05 Å². The Kier molecular flexibility index (Phi) is 3.52. The van der Waals surface area contributed by atoms with Crippen LogP contribution in [0.3, 0.4) is 0 Å². The van der Waals surface area contributed by atoms with Crippen LogP contribution < -0.4 is 0 Å². The van der Waals surface area contributed by atoms with Gasteiger partial charge in [-0.1, -0.05) is 22.0 Å². The maximum absolute atomic E-state index is 9.20. The molecule has 0 unspecified atom stereocenters. The summed E-state index contributed by atoms with van der Waals surface area (Å²) >= 11 is 5.80. The van der Waals surface area contributed by atoms with Crippen molar-refractivity contribution < 1.29 is 0 Å². The van der Waals surface area contributed by atoms with Crippen molar-refractivity contribution in [3.63, 3.8) is 0 Å². The van der Waals surface area contributed by atoms with Crippen molar-refractivity contribution in [3.8, 4) is 17.5 Å². The first-order chi connectivity index (χ1) is 9.61. The van der Waals surface area contributed by atoms with Crippen LogP contribution in [0.4, 0.5) is 0 Å². The van der Waals surface area contributed by atoms with Crippen LogP contribution >= 0.6 is 38.5 Å². The van der Waals surface area contributed by atoms with E-state index in [9.17, 15) is 5.26 Å². The number of imidazole rings is 1. The highest BCUT2D eigenvalue weighted by Gasteiger charge is 2.14. The van der Waals surface area contributed by atoms with Gasteiger partial charge in [-0.15, -0.1) is 0 Å². The molecule has 3 nitrogen and oxygen atoms in total. The molecular weight excluding hydrogens is 429 g/mol. The van der Waals surface area contributed by atoms with Gasteiger partial charge in [0.1, 0.15) is 17.4 Å². The monoisotopic (exact) mass is 437 g/mol. The van der Waals surface area contributed by atoms with Crippen LogP contribution in [0.5, 0.6) is 0 Å². The average Bonchev–Trinajstić information content (AvgIpc) is 2.79. The largest absolute Gasteiger partial charge is 0.327 e. The van der Waals surface area contributed by atoms with Crippen molar-refractivity contribution in [1.82, 2.24) is 9.55 Å². The smallest absolute Gasteiger partial charge is 0.142 e. The highest BCUT2D eigenvalue weighted by molar-refractivity contribution is 14.1. The van der Waals surface area contributed by atoms with Gasteiger partial charge in [0, 0.05) is 20.7 Å². The zero-order valence-corrected chi connectivity index (χ0v) is 14.3. The summed E-state index contributed by atoms with van der Waals surface area (Å²) in [6.07, 6.45) is 0. The molecule has 1 aromatic heterocycles. The standard InChI is InChI=1S/C15H9BrIN3/c1-20-13-4-2-3-9(8-18)14(13)19-15(20)11-7-10(16)5-6-12(11)17/h2-7H,1H3. The molecule has 0 atom stereocenters. The third-order valence-electron chi connectivity index (χ3n) is 3.20. The fraction of sp³-hybridized carbons (Fsp3) is 0.0667. The zero-order valence-electron chi connectivity index (χ0n) is 10.6. The summed E-state index contributed by atoms with van der Waals surface area (Å²) in [4.78, 5) is 4.67. The van der Waals surface area contributed by atoms with E-state index in [1.807, 2.05) is 35.9 Å². The second kappa shape index (κ2) is 5.19. The molecule has 20 heavy (non-hydrogen) atoms. The van der Waals surface area contributed by atoms with Crippen LogP contribution in [-0.2, 0) is 7.05 Å². The molecule has 0 saturated heterocycles. The molecule has 2 aromatic carbocycles. The first kappa shape index (κ1) is 13.6. The molecule has 0 bridgehead atoms. The predicted molar refractivity (Wildman–Crippen MR) is 91.3 cm³/mol. The molecule has 5 heteroatoms. The Labute approximate surface area is 138 Å². The van der Waals surface area contributed by atoms with Crippen LogP contribution in [0.1, 0.15) is 5.56 Å². The van der Waals surface area contributed by atoms with Gasteiger partial charge in [-0.05, 0) is 52.9 Å². The van der Waals surface area contributed by atoms with Gasteiger partial charge in [-0.25, -0.2) is 4.98 Å². The molecule has 0 N–H and O–H groups in total. The molecule has 1 heterocycles. The summed E-state index contributed by atoms with van der Waals surface area (Å²) in [6.45, 7) is 0. The SMILES string of the molecule is Cn1c(-c2cc(Br)ccc2I)nc2c(C#N)cccc21. The molecule has 0 aliphatic rings. The Morgan fingerprint density at radius 3 is 2.85 bits per heavy atom. The summed E-state index contributed by atoms with van der Waals surface area (Å²) < 4.78 is 4.17. The Morgan fingerprint density at radius 2 is 2.10 bits per heavy atom. The van der Waals surface area contributed by atoms with E-state index < -0.39 is 0 Å². The lowest BCUT2D eigenvalue weighted by Gasteiger charge is -2.05. The molecular formula is C15H9BrIN3. The summed E-state index contributed by atoms with van der Waals surface area (Å²) in [6, 6.07) is 14.0. The summed E-state index contributed by atoms with van der Waals surface area (Å²) in [7, 11) is 1.98. The highest BCUT2D eigenvalue weighted by atomic mass is 127. The minimum Gasteiger partial charge on any atom is -0.327 e. The molecule has 3 aromatic rings. The number of halogens is 2. The Bertz CT molecular complexity index is 861. The molecule has 0 radical (unpaired) electrons. The van der Waals surface area contributed by atoms with Crippen LogP contribution in [0, 0.1) is 14.9 Å². The molecule has 0 amide bonds. The molecule has 0 saturated carbocycles. The third-order valence-corrected chi connectivity index (χ3v) is 4.64.